The Labute approximate surface area is 158 Å². The molecule has 0 fully saturated rings. The maximum Gasteiger partial charge on any atom is 0.104 e. The molecule has 0 spiro atoms. The Morgan fingerprint density at radius 2 is 1.68 bits per heavy atom. The molecule has 0 radical (unpaired) electrons. The zero-order valence-electron chi connectivity index (χ0n) is 18.1. The maximum absolute atomic E-state index is 4.43. The van der Waals surface area contributed by atoms with Gasteiger partial charge in [-0.25, -0.2) is 0 Å². The summed E-state index contributed by atoms with van der Waals surface area (Å²) < 4.78 is 0. The molecule has 138 valence electrons. The van der Waals surface area contributed by atoms with Crippen molar-refractivity contribution in [2.45, 2.75) is 79.3 Å². The average Bonchev–Trinajstić information content (AvgIpc) is 2.98. The number of rotatable bonds is 6. The molecule has 0 saturated heterocycles. The third-order valence-corrected chi connectivity index (χ3v) is 12.1. The second-order valence-electron chi connectivity index (χ2n) is 9.97. The van der Waals surface area contributed by atoms with Crippen LogP contribution in [0.5, 0.6) is 0 Å². The van der Waals surface area contributed by atoms with Gasteiger partial charge in [-0.3, -0.25) is 0 Å². The zero-order valence-corrected chi connectivity index (χ0v) is 20.1. The normalized spacial score (nSPS) is 21.9. The van der Waals surface area contributed by atoms with E-state index in [-0.39, 0.29) is 0 Å². The number of hydrogen-bond donors (Lipinski definition) is 0. The minimum Gasteiger partial charge on any atom is -0.0998 e. The number of allylic oxidation sites excluding steroid dienone is 9. The molecule has 0 heterocycles. The first kappa shape index (κ1) is 20.4. The van der Waals surface area contributed by atoms with Gasteiger partial charge >= 0.3 is 0 Å². The van der Waals surface area contributed by atoms with Gasteiger partial charge < -0.3 is 0 Å². The van der Waals surface area contributed by atoms with Gasteiger partial charge in [-0.15, -0.1) is 0 Å². The van der Waals surface area contributed by atoms with Crippen molar-refractivity contribution in [1.82, 2.24) is 0 Å². The lowest BCUT2D eigenvalue weighted by atomic mass is 10.1. The highest BCUT2D eigenvalue weighted by Crippen LogP contribution is 2.46. The van der Waals surface area contributed by atoms with Crippen molar-refractivity contribution >= 4 is 16.1 Å². The molecule has 0 aromatic heterocycles. The summed E-state index contributed by atoms with van der Waals surface area (Å²) in [5, 5.41) is 3.53. The summed E-state index contributed by atoms with van der Waals surface area (Å²) in [6, 6.07) is 1.25. The van der Waals surface area contributed by atoms with Gasteiger partial charge in [0.25, 0.3) is 0 Å². The fraction of sp³-hybridized carbons (Fsp3) is 0.565. The molecule has 0 aliphatic heterocycles. The van der Waals surface area contributed by atoms with Crippen molar-refractivity contribution in [3.8, 4) is 0 Å². The van der Waals surface area contributed by atoms with Crippen molar-refractivity contribution in [2.24, 2.45) is 5.92 Å². The summed E-state index contributed by atoms with van der Waals surface area (Å²) in [6.45, 7) is 26.4. The fourth-order valence-corrected chi connectivity index (χ4v) is 11.0. The lowest BCUT2D eigenvalue weighted by Crippen LogP contribution is -2.36. The molecule has 0 aromatic carbocycles. The monoisotopic (exact) mass is 370 g/mol. The lowest BCUT2D eigenvalue weighted by molar-refractivity contribution is 0.847. The van der Waals surface area contributed by atoms with Crippen LogP contribution >= 0.6 is 0 Å². The van der Waals surface area contributed by atoms with E-state index in [4.69, 9.17) is 0 Å². The van der Waals surface area contributed by atoms with Crippen LogP contribution in [0.25, 0.3) is 0 Å². The Hall–Kier alpha value is -0.866. The summed E-state index contributed by atoms with van der Waals surface area (Å²) in [7, 11) is -2.69. The standard InChI is InChI=1S/C23H38Si2/c1-16(15-24(6,7)8)14-21-12-11-13-22(21)25(9,10)23-19(4)17(2)18(3)20(23)5/h11-12,19H,1,13-15H2,2-10H3. The molecular formula is C23H38Si2. The molecule has 0 nitrogen and oxygen atoms in total. The van der Waals surface area contributed by atoms with Gasteiger partial charge in [-0.1, -0.05) is 85.5 Å². The van der Waals surface area contributed by atoms with Crippen molar-refractivity contribution in [3.63, 3.8) is 0 Å². The third kappa shape index (κ3) is 4.11. The largest absolute Gasteiger partial charge is 0.104 e. The Bertz CT molecular complexity index is 703. The van der Waals surface area contributed by atoms with Gasteiger partial charge in [-0.05, 0) is 56.7 Å². The van der Waals surface area contributed by atoms with E-state index in [0.717, 1.165) is 12.8 Å². The molecule has 2 heteroatoms. The van der Waals surface area contributed by atoms with Gasteiger partial charge in [-0.2, -0.15) is 0 Å². The van der Waals surface area contributed by atoms with Crippen LogP contribution in [0.15, 0.2) is 57.0 Å². The summed E-state index contributed by atoms with van der Waals surface area (Å²) in [6.07, 6.45) is 7.06. The van der Waals surface area contributed by atoms with E-state index >= 15 is 0 Å². The van der Waals surface area contributed by atoms with Crippen LogP contribution < -0.4 is 0 Å². The van der Waals surface area contributed by atoms with E-state index in [2.05, 4.69) is 79.2 Å². The van der Waals surface area contributed by atoms with Crippen molar-refractivity contribution in [1.29, 1.82) is 0 Å². The van der Waals surface area contributed by atoms with E-state index < -0.39 is 16.1 Å². The Kier molecular flexibility index (Phi) is 5.75. The molecule has 0 amide bonds. The predicted molar refractivity (Wildman–Crippen MR) is 120 cm³/mol. The lowest BCUT2D eigenvalue weighted by Gasteiger charge is -2.33. The molecule has 0 bridgehead atoms. The summed E-state index contributed by atoms with van der Waals surface area (Å²) >= 11 is 0. The fourth-order valence-electron chi connectivity index (χ4n) is 4.99. The molecule has 2 aliphatic carbocycles. The van der Waals surface area contributed by atoms with E-state index in [1.165, 1.54) is 11.6 Å². The van der Waals surface area contributed by atoms with Crippen molar-refractivity contribution in [2.75, 3.05) is 0 Å². The molecule has 0 N–H and O–H groups in total. The zero-order chi connectivity index (χ0) is 19.2. The molecule has 2 rings (SSSR count). The van der Waals surface area contributed by atoms with E-state index in [1.54, 1.807) is 32.7 Å². The van der Waals surface area contributed by atoms with Crippen LogP contribution in [0.4, 0.5) is 0 Å². The van der Waals surface area contributed by atoms with Crippen LogP contribution in [-0.4, -0.2) is 16.1 Å². The first-order chi connectivity index (χ1) is 11.4. The Morgan fingerprint density at radius 1 is 1.08 bits per heavy atom. The quantitative estimate of drug-likeness (QED) is 0.333. The van der Waals surface area contributed by atoms with Gasteiger partial charge in [0.05, 0.1) is 0 Å². The average molecular weight is 371 g/mol. The molecule has 1 unspecified atom stereocenters. The minimum atomic E-state index is -1.61. The maximum atomic E-state index is 4.43. The smallest absolute Gasteiger partial charge is 0.0998 e. The van der Waals surface area contributed by atoms with Gasteiger partial charge in [0.1, 0.15) is 8.07 Å². The second-order valence-corrected chi connectivity index (χ2v) is 19.8. The van der Waals surface area contributed by atoms with Crippen LogP contribution in [0.2, 0.25) is 38.8 Å². The number of hydrogen-bond acceptors (Lipinski definition) is 0. The van der Waals surface area contributed by atoms with E-state index in [9.17, 15) is 0 Å². The van der Waals surface area contributed by atoms with E-state index in [0.29, 0.717) is 5.92 Å². The van der Waals surface area contributed by atoms with Gasteiger partial charge in [0.2, 0.25) is 0 Å². The van der Waals surface area contributed by atoms with Crippen LogP contribution in [-0.2, 0) is 0 Å². The Balaban J connectivity index is 2.34. The van der Waals surface area contributed by atoms with Gasteiger partial charge in [0.15, 0.2) is 0 Å². The molecule has 0 aromatic rings. The Morgan fingerprint density at radius 3 is 2.16 bits per heavy atom. The highest BCUT2D eigenvalue weighted by atomic mass is 28.3. The SMILES string of the molecule is C=C(CC1=C([Si](C)(C)C2=C(C)C(C)=C(C)C2C)CC=C1)C[Si](C)(C)C. The van der Waals surface area contributed by atoms with Crippen LogP contribution in [0, 0.1) is 5.92 Å². The summed E-state index contributed by atoms with van der Waals surface area (Å²) in [5.41, 5.74) is 7.75. The van der Waals surface area contributed by atoms with Gasteiger partial charge in [0, 0.05) is 8.07 Å². The highest BCUT2D eigenvalue weighted by molar-refractivity contribution is 6.91. The van der Waals surface area contributed by atoms with Crippen LogP contribution in [0.1, 0.15) is 40.5 Å². The van der Waals surface area contributed by atoms with Crippen molar-refractivity contribution in [3.05, 3.63) is 57.0 Å². The molecule has 25 heavy (non-hydrogen) atoms. The van der Waals surface area contributed by atoms with Crippen molar-refractivity contribution < 1.29 is 0 Å². The highest BCUT2D eigenvalue weighted by Gasteiger charge is 2.40. The minimum absolute atomic E-state index is 0.626. The summed E-state index contributed by atoms with van der Waals surface area (Å²) in [4.78, 5) is 0. The molecule has 2 aliphatic rings. The first-order valence-corrected chi connectivity index (χ1v) is 16.5. The topological polar surface area (TPSA) is 0 Å². The first-order valence-electron chi connectivity index (χ1n) is 9.81. The predicted octanol–water partition coefficient (Wildman–Crippen LogP) is 7.62. The molecule has 0 saturated carbocycles. The van der Waals surface area contributed by atoms with E-state index in [1.807, 2.05) is 0 Å². The molecule has 1 atom stereocenters. The third-order valence-electron chi connectivity index (χ3n) is 6.32. The summed E-state index contributed by atoms with van der Waals surface area (Å²) in [5.74, 6) is 0.626. The van der Waals surface area contributed by atoms with Crippen LogP contribution in [0.3, 0.4) is 0 Å². The second kappa shape index (κ2) is 7.04. The molecular weight excluding hydrogens is 332 g/mol.